The summed E-state index contributed by atoms with van der Waals surface area (Å²) in [7, 11) is 0. The second-order valence-corrected chi connectivity index (χ2v) is 5.91. The molecule has 4 rings (SSSR count). The number of benzene rings is 1. The summed E-state index contributed by atoms with van der Waals surface area (Å²) in [6, 6.07) is 7.28. The number of fused-ring (bicyclic) bond motifs is 5. The molecule has 1 aromatic rings. The Kier molecular flexibility index (Phi) is 2.67. The van der Waals surface area contributed by atoms with E-state index < -0.39 is 0 Å². The van der Waals surface area contributed by atoms with Gasteiger partial charge in [0.05, 0.1) is 24.1 Å². The van der Waals surface area contributed by atoms with Crippen LogP contribution in [0.2, 0.25) is 0 Å². The lowest BCUT2D eigenvalue weighted by molar-refractivity contribution is -0.123. The third kappa shape index (κ3) is 1.62. The lowest BCUT2D eigenvalue weighted by Gasteiger charge is -2.20. The van der Waals surface area contributed by atoms with E-state index in [1.54, 1.807) is 12.1 Å². The van der Waals surface area contributed by atoms with Gasteiger partial charge in [-0.2, -0.15) is 0 Å². The number of anilines is 1. The Hall–Kier alpha value is -2.10. The highest BCUT2D eigenvalue weighted by Gasteiger charge is 2.59. The van der Waals surface area contributed by atoms with Crippen LogP contribution < -0.4 is 9.64 Å². The Morgan fingerprint density at radius 2 is 1.71 bits per heavy atom. The van der Waals surface area contributed by atoms with Crippen LogP contribution in [0.15, 0.2) is 36.4 Å². The van der Waals surface area contributed by atoms with Gasteiger partial charge in [-0.25, -0.2) is 4.90 Å². The van der Waals surface area contributed by atoms with Crippen molar-refractivity contribution in [3.63, 3.8) is 0 Å². The largest absolute Gasteiger partial charge is 0.492 e. The van der Waals surface area contributed by atoms with E-state index in [0.29, 0.717) is 18.0 Å². The van der Waals surface area contributed by atoms with Crippen LogP contribution in [0.1, 0.15) is 13.3 Å². The normalized spacial score (nSPS) is 32.9. The molecule has 4 atom stereocenters. The molecule has 3 aliphatic rings. The molecule has 1 saturated carbocycles. The summed E-state index contributed by atoms with van der Waals surface area (Å²) >= 11 is 0. The number of amides is 2. The maximum Gasteiger partial charge on any atom is 0.238 e. The van der Waals surface area contributed by atoms with Crippen molar-refractivity contribution in [3.05, 3.63) is 36.4 Å². The highest BCUT2D eigenvalue weighted by atomic mass is 16.5. The van der Waals surface area contributed by atoms with Crippen molar-refractivity contribution < 1.29 is 14.3 Å². The van der Waals surface area contributed by atoms with Crippen LogP contribution >= 0.6 is 0 Å². The number of carbonyl (C=O) groups excluding carboxylic acids is 2. The first kappa shape index (κ1) is 12.6. The summed E-state index contributed by atoms with van der Waals surface area (Å²) < 4.78 is 5.58. The maximum absolute atomic E-state index is 12.8. The molecule has 1 aromatic carbocycles. The summed E-state index contributed by atoms with van der Waals surface area (Å²) in [4.78, 5) is 26.9. The molecular formula is C17H17NO3. The minimum Gasteiger partial charge on any atom is -0.492 e. The summed E-state index contributed by atoms with van der Waals surface area (Å²) in [5.41, 5.74) is 0.586. The molecule has 0 unspecified atom stereocenters. The molecule has 4 heteroatoms. The SMILES string of the molecule is CCOc1ccccc1N1C(=O)[C@@H]2[C@H](C1=O)[C@H]1C=C[C@@H]2C1. The molecule has 4 nitrogen and oxygen atoms in total. The standard InChI is InChI=1S/C17H17NO3/c1-2-21-13-6-4-3-5-12(13)18-16(19)14-10-7-8-11(9-10)15(14)17(18)20/h3-8,10-11,14-15H,2,9H2,1H3/t10-,11+,14+,15-. The predicted molar refractivity (Wildman–Crippen MR) is 77.8 cm³/mol. The molecule has 108 valence electrons. The number of rotatable bonds is 3. The lowest BCUT2D eigenvalue weighted by Crippen LogP contribution is -2.33. The number of nitrogens with zero attached hydrogens (tertiary/aromatic N) is 1. The summed E-state index contributed by atoms with van der Waals surface area (Å²) in [6.07, 6.45) is 5.16. The van der Waals surface area contributed by atoms with Crippen molar-refractivity contribution in [2.45, 2.75) is 13.3 Å². The number of hydrogen-bond donors (Lipinski definition) is 0. The Bertz CT molecular complexity index is 621. The van der Waals surface area contributed by atoms with Gasteiger partial charge in [-0.15, -0.1) is 0 Å². The highest BCUT2D eigenvalue weighted by Crippen LogP contribution is 2.53. The number of carbonyl (C=O) groups is 2. The van der Waals surface area contributed by atoms with Crippen LogP contribution in [-0.2, 0) is 9.59 Å². The first-order chi connectivity index (χ1) is 10.2. The Morgan fingerprint density at radius 1 is 1.10 bits per heavy atom. The molecule has 1 heterocycles. The minimum atomic E-state index is -0.165. The molecule has 2 bridgehead atoms. The fourth-order valence-electron chi connectivity index (χ4n) is 4.06. The summed E-state index contributed by atoms with van der Waals surface area (Å²) in [5.74, 6) is 0.621. The number of hydrogen-bond acceptors (Lipinski definition) is 3. The molecule has 0 spiro atoms. The number of ether oxygens (including phenoxy) is 1. The Balaban J connectivity index is 1.75. The van der Waals surface area contributed by atoms with Crippen molar-refractivity contribution in [3.8, 4) is 5.75 Å². The van der Waals surface area contributed by atoms with Gasteiger partial charge >= 0.3 is 0 Å². The van der Waals surface area contributed by atoms with Gasteiger partial charge in [-0.3, -0.25) is 9.59 Å². The van der Waals surface area contributed by atoms with Crippen LogP contribution in [0.5, 0.6) is 5.75 Å². The maximum atomic E-state index is 12.8. The average Bonchev–Trinajstić information content (AvgIpc) is 3.15. The smallest absolute Gasteiger partial charge is 0.238 e. The zero-order valence-electron chi connectivity index (χ0n) is 11.9. The Morgan fingerprint density at radius 3 is 2.33 bits per heavy atom. The molecule has 0 aromatic heterocycles. The minimum absolute atomic E-state index is 0.0611. The number of allylic oxidation sites excluding steroid dienone is 2. The van der Waals surface area contributed by atoms with Gasteiger partial charge in [0.15, 0.2) is 0 Å². The molecule has 2 fully saturated rings. The molecule has 1 saturated heterocycles. The van der Waals surface area contributed by atoms with Crippen molar-refractivity contribution in [1.29, 1.82) is 0 Å². The second kappa shape index (κ2) is 4.45. The van der Waals surface area contributed by atoms with Gasteiger partial charge in [0.25, 0.3) is 0 Å². The van der Waals surface area contributed by atoms with E-state index in [-0.39, 0.29) is 35.5 Å². The van der Waals surface area contributed by atoms with E-state index in [0.717, 1.165) is 6.42 Å². The van der Waals surface area contributed by atoms with E-state index in [2.05, 4.69) is 12.2 Å². The van der Waals surface area contributed by atoms with Crippen molar-refractivity contribution in [2.75, 3.05) is 11.5 Å². The third-order valence-electron chi connectivity index (χ3n) is 4.88. The highest BCUT2D eigenvalue weighted by molar-refractivity contribution is 6.23. The van der Waals surface area contributed by atoms with E-state index in [1.165, 1.54) is 4.90 Å². The predicted octanol–water partition coefficient (Wildman–Crippen LogP) is 2.40. The zero-order chi connectivity index (χ0) is 14.6. The first-order valence-corrected chi connectivity index (χ1v) is 7.50. The van der Waals surface area contributed by atoms with Crippen LogP contribution in [0, 0.1) is 23.7 Å². The van der Waals surface area contributed by atoms with Crippen molar-refractivity contribution in [2.24, 2.45) is 23.7 Å². The average molecular weight is 283 g/mol. The molecular weight excluding hydrogens is 266 g/mol. The van der Waals surface area contributed by atoms with Crippen LogP contribution in [0.3, 0.4) is 0 Å². The second-order valence-electron chi connectivity index (χ2n) is 5.91. The third-order valence-corrected chi connectivity index (χ3v) is 4.88. The van der Waals surface area contributed by atoms with E-state index in [4.69, 9.17) is 4.74 Å². The lowest BCUT2D eigenvalue weighted by atomic mass is 9.85. The molecule has 0 radical (unpaired) electrons. The molecule has 21 heavy (non-hydrogen) atoms. The van der Waals surface area contributed by atoms with Gasteiger partial charge in [0, 0.05) is 0 Å². The quantitative estimate of drug-likeness (QED) is 0.632. The van der Waals surface area contributed by atoms with Crippen LogP contribution in [0.4, 0.5) is 5.69 Å². The summed E-state index contributed by atoms with van der Waals surface area (Å²) in [5, 5.41) is 0. The fourth-order valence-corrected chi connectivity index (χ4v) is 4.06. The fraction of sp³-hybridized carbons (Fsp3) is 0.412. The van der Waals surface area contributed by atoms with Gasteiger partial charge in [-0.05, 0) is 37.3 Å². The van der Waals surface area contributed by atoms with Crippen LogP contribution in [0.25, 0.3) is 0 Å². The Labute approximate surface area is 123 Å². The van der Waals surface area contributed by atoms with Gasteiger partial charge in [-0.1, -0.05) is 24.3 Å². The first-order valence-electron chi connectivity index (χ1n) is 7.50. The number of imide groups is 1. The van der Waals surface area contributed by atoms with E-state index >= 15 is 0 Å². The van der Waals surface area contributed by atoms with E-state index in [1.807, 2.05) is 19.1 Å². The van der Waals surface area contributed by atoms with Crippen molar-refractivity contribution in [1.82, 2.24) is 0 Å². The van der Waals surface area contributed by atoms with Crippen molar-refractivity contribution >= 4 is 17.5 Å². The van der Waals surface area contributed by atoms with E-state index in [9.17, 15) is 9.59 Å². The summed E-state index contributed by atoms with van der Waals surface area (Å²) in [6.45, 7) is 2.40. The molecule has 0 N–H and O–H groups in total. The zero-order valence-corrected chi connectivity index (χ0v) is 11.9. The topological polar surface area (TPSA) is 46.6 Å². The molecule has 1 aliphatic heterocycles. The monoisotopic (exact) mass is 283 g/mol. The van der Waals surface area contributed by atoms with Gasteiger partial charge in [0.2, 0.25) is 11.8 Å². The number of para-hydroxylation sites is 2. The molecule has 2 aliphatic carbocycles. The van der Waals surface area contributed by atoms with Gasteiger partial charge in [0.1, 0.15) is 5.75 Å². The van der Waals surface area contributed by atoms with Gasteiger partial charge < -0.3 is 4.74 Å². The van der Waals surface area contributed by atoms with Crippen LogP contribution in [-0.4, -0.2) is 18.4 Å². The molecule has 2 amide bonds.